The quantitative estimate of drug-likeness (QED) is 0.641. The molecule has 0 aromatic heterocycles. The van der Waals surface area contributed by atoms with Gasteiger partial charge in [0.05, 0.1) is 0 Å². The van der Waals surface area contributed by atoms with E-state index >= 15 is 0 Å². The van der Waals surface area contributed by atoms with Gasteiger partial charge in [0.15, 0.2) is 0 Å². The highest BCUT2D eigenvalue weighted by Gasteiger charge is 2.11. The molecule has 0 amide bonds. The summed E-state index contributed by atoms with van der Waals surface area (Å²) in [6.07, 6.45) is 1.14. The molecular weight excluding hydrogens is 327 g/mol. The first-order valence-electron chi connectivity index (χ1n) is 4.63. The summed E-state index contributed by atoms with van der Waals surface area (Å²) in [5.74, 6) is 1.14. The number of halogens is 3. The summed E-state index contributed by atoms with van der Waals surface area (Å²) in [5.41, 5.74) is 2.56. The fourth-order valence-corrected chi connectivity index (χ4v) is 2.38. The molecule has 0 aliphatic carbocycles. The summed E-state index contributed by atoms with van der Waals surface area (Å²) in [6, 6.07) is 4.26. The van der Waals surface area contributed by atoms with E-state index in [1.165, 1.54) is 11.1 Å². The second-order valence-corrected chi connectivity index (χ2v) is 5.38. The van der Waals surface area contributed by atoms with Gasteiger partial charge in [-0.05, 0) is 67.5 Å². The lowest BCUT2D eigenvalue weighted by Gasteiger charge is -2.14. The number of alkyl halides is 1. The van der Waals surface area contributed by atoms with Gasteiger partial charge in [0.25, 0.3) is 0 Å². The Hall–Kier alpha value is 0.470. The zero-order chi connectivity index (χ0) is 10.7. The highest BCUT2D eigenvalue weighted by molar-refractivity contribution is 9.13. The molecule has 0 nitrogen and oxygen atoms in total. The third-order valence-corrected chi connectivity index (χ3v) is 4.60. The van der Waals surface area contributed by atoms with Crippen molar-refractivity contribution in [3.05, 3.63) is 32.2 Å². The van der Waals surface area contributed by atoms with E-state index in [1.807, 2.05) is 0 Å². The lowest BCUT2D eigenvalue weighted by Crippen LogP contribution is -1.97. The molecule has 0 fully saturated rings. The van der Waals surface area contributed by atoms with Gasteiger partial charge in [-0.1, -0.05) is 13.8 Å². The summed E-state index contributed by atoms with van der Waals surface area (Å²) in [4.78, 5) is 0. The molecule has 0 aliphatic rings. The average molecular weight is 340 g/mol. The first-order valence-corrected chi connectivity index (χ1v) is 6.76. The Bertz CT molecular complexity index is 323. The fraction of sp³-hybridized carbons (Fsp3) is 0.455. The Morgan fingerprint density at radius 2 is 1.86 bits per heavy atom. The SMILES string of the molecule is CCC(C)c1cc(Br)c(Br)cc1CCl. The minimum Gasteiger partial charge on any atom is -0.122 e. The van der Waals surface area contributed by atoms with Crippen LogP contribution in [0.2, 0.25) is 0 Å². The second kappa shape index (κ2) is 5.53. The van der Waals surface area contributed by atoms with Crippen LogP contribution in [0.15, 0.2) is 21.1 Å². The average Bonchev–Trinajstić information content (AvgIpc) is 2.20. The molecule has 0 heterocycles. The molecule has 0 radical (unpaired) electrons. The summed E-state index contributed by atoms with van der Waals surface area (Å²) in [6.45, 7) is 4.42. The van der Waals surface area contributed by atoms with Crippen molar-refractivity contribution < 1.29 is 0 Å². The molecule has 1 aromatic rings. The van der Waals surface area contributed by atoms with Gasteiger partial charge in [-0.25, -0.2) is 0 Å². The zero-order valence-corrected chi connectivity index (χ0v) is 12.2. The smallest absolute Gasteiger partial charge is 0.0477 e. The van der Waals surface area contributed by atoms with Crippen LogP contribution in [0.4, 0.5) is 0 Å². The molecule has 1 unspecified atom stereocenters. The van der Waals surface area contributed by atoms with Gasteiger partial charge in [0.1, 0.15) is 0 Å². The van der Waals surface area contributed by atoms with Crippen molar-refractivity contribution in [2.75, 3.05) is 0 Å². The van der Waals surface area contributed by atoms with Crippen LogP contribution in [0.25, 0.3) is 0 Å². The lowest BCUT2D eigenvalue weighted by atomic mass is 9.94. The van der Waals surface area contributed by atoms with Crippen LogP contribution in [0, 0.1) is 0 Å². The third kappa shape index (κ3) is 2.74. The molecule has 78 valence electrons. The predicted octanol–water partition coefficient (Wildman–Crippen LogP) is 5.46. The van der Waals surface area contributed by atoms with Gasteiger partial charge >= 0.3 is 0 Å². The van der Waals surface area contributed by atoms with Gasteiger partial charge < -0.3 is 0 Å². The lowest BCUT2D eigenvalue weighted by molar-refractivity contribution is 0.726. The third-order valence-electron chi connectivity index (χ3n) is 2.47. The molecule has 14 heavy (non-hydrogen) atoms. The van der Waals surface area contributed by atoms with Gasteiger partial charge in [-0.3, -0.25) is 0 Å². The molecule has 0 bridgehead atoms. The number of rotatable bonds is 3. The summed E-state index contributed by atoms with van der Waals surface area (Å²) < 4.78 is 2.17. The van der Waals surface area contributed by atoms with Crippen molar-refractivity contribution in [2.45, 2.75) is 32.1 Å². The van der Waals surface area contributed by atoms with Crippen LogP contribution in [-0.4, -0.2) is 0 Å². The van der Waals surface area contributed by atoms with Crippen molar-refractivity contribution in [1.82, 2.24) is 0 Å². The van der Waals surface area contributed by atoms with Crippen LogP contribution < -0.4 is 0 Å². The fourth-order valence-electron chi connectivity index (χ4n) is 1.40. The number of hydrogen-bond donors (Lipinski definition) is 0. The monoisotopic (exact) mass is 338 g/mol. The van der Waals surface area contributed by atoms with E-state index in [0.717, 1.165) is 15.4 Å². The molecule has 0 N–H and O–H groups in total. The van der Waals surface area contributed by atoms with Crippen molar-refractivity contribution in [3.63, 3.8) is 0 Å². The molecule has 0 spiro atoms. The maximum absolute atomic E-state index is 5.92. The van der Waals surface area contributed by atoms with Crippen LogP contribution in [0.3, 0.4) is 0 Å². The highest BCUT2D eigenvalue weighted by atomic mass is 79.9. The van der Waals surface area contributed by atoms with Crippen molar-refractivity contribution >= 4 is 43.5 Å². The predicted molar refractivity (Wildman–Crippen MR) is 70.1 cm³/mol. The molecule has 1 aromatic carbocycles. The van der Waals surface area contributed by atoms with Gasteiger partial charge in [0, 0.05) is 14.8 Å². The molecule has 0 aliphatic heterocycles. The molecule has 0 saturated heterocycles. The highest BCUT2D eigenvalue weighted by Crippen LogP contribution is 2.32. The summed E-state index contributed by atoms with van der Waals surface area (Å²) >= 11 is 12.9. The minimum atomic E-state index is 0.563. The van der Waals surface area contributed by atoms with Gasteiger partial charge in [-0.2, -0.15) is 0 Å². The van der Waals surface area contributed by atoms with E-state index in [4.69, 9.17) is 11.6 Å². The van der Waals surface area contributed by atoms with E-state index < -0.39 is 0 Å². The standard InChI is InChI=1S/C11H13Br2Cl/c1-3-7(2)9-5-11(13)10(12)4-8(9)6-14/h4-5,7H,3,6H2,1-2H3. The van der Waals surface area contributed by atoms with Crippen LogP contribution in [0.1, 0.15) is 37.3 Å². The number of benzene rings is 1. The first-order chi connectivity index (χ1) is 6.60. The van der Waals surface area contributed by atoms with Crippen LogP contribution in [0.5, 0.6) is 0 Å². The molecule has 1 atom stereocenters. The maximum Gasteiger partial charge on any atom is 0.0477 e. The van der Waals surface area contributed by atoms with E-state index in [-0.39, 0.29) is 0 Å². The Labute approximate surface area is 107 Å². The van der Waals surface area contributed by atoms with E-state index in [9.17, 15) is 0 Å². The minimum absolute atomic E-state index is 0.563. The second-order valence-electron chi connectivity index (χ2n) is 3.41. The largest absolute Gasteiger partial charge is 0.122 e. The van der Waals surface area contributed by atoms with Gasteiger partial charge in [0.2, 0.25) is 0 Å². The number of hydrogen-bond acceptors (Lipinski definition) is 0. The normalized spacial score (nSPS) is 12.9. The van der Waals surface area contributed by atoms with Crippen LogP contribution in [-0.2, 0) is 5.88 Å². The zero-order valence-electron chi connectivity index (χ0n) is 8.28. The van der Waals surface area contributed by atoms with Crippen molar-refractivity contribution in [2.24, 2.45) is 0 Å². The van der Waals surface area contributed by atoms with E-state index in [1.54, 1.807) is 0 Å². The molecular formula is C11H13Br2Cl. The molecule has 3 heteroatoms. The van der Waals surface area contributed by atoms with Crippen molar-refractivity contribution in [1.29, 1.82) is 0 Å². The summed E-state index contributed by atoms with van der Waals surface area (Å²) in [5, 5.41) is 0. The Morgan fingerprint density at radius 3 is 2.36 bits per heavy atom. The molecule has 1 rings (SSSR count). The Kier molecular flexibility index (Phi) is 4.95. The maximum atomic E-state index is 5.92. The van der Waals surface area contributed by atoms with Gasteiger partial charge in [-0.15, -0.1) is 11.6 Å². The van der Waals surface area contributed by atoms with E-state index in [0.29, 0.717) is 11.8 Å². The Morgan fingerprint density at radius 1 is 1.29 bits per heavy atom. The topological polar surface area (TPSA) is 0 Å². The Balaban J connectivity index is 3.19. The molecule has 0 saturated carbocycles. The first kappa shape index (κ1) is 12.5. The van der Waals surface area contributed by atoms with Crippen molar-refractivity contribution in [3.8, 4) is 0 Å². The van der Waals surface area contributed by atoms with Crippen LogP contribution >= 0.6 is 43.5 Å². The summed E-state index contributed by atoms with van der Waals surface area (Å²) in [7, 11) is 0. The van der Waals surface area contributed by atoms with E-state index in [2.05, 4.69) is 57.8 Å².